The maximum absolute atomic E-state index is 13.4. The molecule has 1 N–H and O–H groups in total. The van der Waals surface area contributed by atoms with E-state index in [1.807, 2.05) is 18.2 Å². The second kappa shape index (κ2) is 6.34. The molecule has 2 aliphatic heterocycles. The highest BCUT2D eigenvalue weighted by Gasteiger charge is 2.57. The van der Waals surface area contributed by atoms with Crippen molar-refractivity contribution in [1.29, 1.82) is 0 Å². The summed E-state index contributed by atoms with van der Waals surface area (Å²) in [6.07, 6.45) is 1.65. The summed E-state index contributed by atoms with van der Waals surface area (Å²) in [5.41, 5.74) is 1.85. The van der Waals surface area contributed by atoms with Gasteiger partial charge < -0.3 is 10.2 Å². The highest BCUT2D eigenvalue weighted by atomic mass is 35.5. The van der Waals surface area contributed by atoms with Crippen LogP contribution in [0.15, 0.2) is 48.7 Å². The van der Waals surface area contributed by atoms with Crippen LogP contribution in [0.5, 0.6) is 0 Å². The van der Waals surface area contributed by atoms with Gasteiger partial charge >= 0.3 is 0 Å². The van der Waals surface area contributed by atoms with Crippen molar-refractivity contribution in [2.75, 3.05) is 17.3 Å². The average Bonchev–Trinajstić information content (AvgIpc) is 3.18. The van der Waals surface area contributed by atoms with E-state index in [9.17, 15) is 9.59 Å². The number of carbonyl (C=O) groups excluding carboxylic acids is 2. The Hall–Kier alpha value is -2.83. The van der Waals surface area contributed by atoms with Gasteiger partial charge in [0.15, 0.2) is 0 Å². The lowest BCUT2D eigenvalue weighted by Gasteiger charge is -2.32. The number of halogens is 2. The third kappa shape index (κ3) is 2.52. The molecule has 0 fully saturated rings. The molecule has 2 aliphatic rings. The van der Waals surface area contributed by atoms with Crippen LogP contribution >= 0.6 is 23.2 Å². The number of nitrogens with one attached hydrogen (secondary N) is 1. The summed E-state index contributed by atoms with van der Waals surface area (Å²) in [4.78, 5) is 27.7. The number of hydrogen-bond donors (Lipinski definition) is 1. The van der Waals surface area contributed by atoms with Crippen LogP contribution in [0.2, 0.25) is 10.0 Å². The van der Waals surface area contributed by atoms with E-state index in [2.05, 4.69) is 10.4 Å². The van der Waals surface area contributed by atoms with Crippen LogP contribution in [0.1, 0.15) is 23.1 Å². The van der Waals surface area contributed by atoms with Gasteiger partial charge in [0.1, 0.15) is 11.2 Å². The molecule has 1 aromatic heterocycles. The van der Waals surface area contributed by atoms with Gasteiger partial charge in [0.25, 0.3) is 0 Å². The Balaban J connectivity index is 1.68. The largest absolute Gasteiger partial charge is 0.314 e. The molecule has 1 spiro atoms. The highest BCUT2D eigenvalue weighted by Crippen LogP contribution is 2.54. The van der Waals surface area contributed by atoms with Gasteiger partial charge in [-0.25, -0.2) is 4.68 Å². The van der Waals surface area contributed by atoms with E-state index in [0.29, 0.717) is 39.2 Å². The molecule has 3 aromatic rings. The Labute approximate surface area is 177 Å². The quantitative estimate of drug-likeness (QED) is 0.676. The molecule has 0 saturated carbocycles. The van der Waals surface area contributed by atoms with Gasteiger partial charge in [-0.15, -0.1) is 0 Å². The summed E-state index contributed by atoms with van der Waals surface area (Å²) < 4.78 is 1.69. The Morgan fingerprint density at radius 1 is 1.14 bits per heavy atom. The van der Waals surface area contributed by atoms with Gasteiger partial charge in [0.05, 0.1) is 12.7 Å². The topological polar surface area (TPSA) is 67.2 Å². The zero-order valence-electron chi connectivity index (χ0n) is 15.4. The third-order valence-corrected chi connectivity index (χ3v) is 6.24. The zero-order chi connectivity index (χ0) is 20.3. The number of benzene rings is 2. The van der Waals surface area contributed by atoms with Crippen molar-refractivity contribution in [2.45, 2.75) is 18.4 Å². The fraction of sp³-hybridized carbons (Fsp3) is 0.190. The van der Waals surface area contributed by atoms with Crippen molar-refractivity contribution >= 4 is 46.5 Å². The third-order valence-electron chi connectivity index (χ3n) is 5.68. The molecule has 146 valence electrons. The Morgan fingerprint density at radius 2 is 1.90 bits per heavy atom. The lowest BCUT2D eigenvalue weighted by molar-refractivity contribution is -0.126. The van der Waals surface area contributed by atoms with Gasteiger partial charge in [-0.05, 0) is 29.8 Å². The van der Waals surface area contributed by atoms with E-state index in [-0.39, 0.29) is 18.2 Å². The van der Waals surface area contributed by atoms with Crippen LogP contribution < -0.4 is 10.2 Å². The monoisotopic (exact) mass is 426 g/mol. The van der Waals surface area contributed by atoms with Crippen LogP contribution in [-0.4, -0.2) is 28.6 Å². The first kappa shape index (κ1) is 18.2. The summed E-state index contributed by atoms with van der Waals surface area (Å²) in [6, 6.07) is 12.8. The number of likely N-dealkylation sites (N-methyl/N-ethyl adjacent to an activating group) is 1. The maximum atomic E-state index is 13.4. The summed E-state index contributed by atoms with van der Waals surface area (Å²) >= 11 is 12.5. The number of fused-ring (bicyclic) bond motifs is 4. The average molecular weight is 427 g/mol. The standard InChI is InChI=1S/C21H16Cl2N4O2/c1-26-16-4-2-3-15(23)18(16)21(20(26)29)9-17(28)25-19-14(21)10-24-27(19)11-12-5-7-13(22)8-6-12/h2-8,10H,9,11H2,1H3,(H,25,28)/t21-/m1/s1. The molecule has 0 unspecified atom stereocenters. The van der Waals surface area contributed by atoms with E-state index in [1.165, 1.54) is 0 Å². The smallest absolute Gasteiger partial charge is 0.242 e. The Morgan fingerprint density at radius 3 is 2.66 bits per heavy atom. The molecule has 0 aliphatic carbocycles. The number of aromatic nitrogens is 2. The molecule has 6 nitrogen and oxygen atoms in total. The molecule has 0 bridgehead atoms. The molecule has 0 saturated heterocycles. The molecule has 5 rings (SSSR count). The van der Waals surface area contributed by atoms with Gasteiger partial charge in [0.2, 0.25) is 11.8 Å². The van der Waals surface area contributed by atoms with Crippen molar-refractivity contribution < 1.29 is 9.59 Å². The normalized spacial score (nSPS) is 20.0. The van der Waals surface area contributed by atoms with Crippen molar-refractivity contribution in [3.8, 4) is 0 Å². The molecule has 2 amide bonds. The van der Waals surface area contributed by atoms with E-state index >= 15 is 0 Å². The summed E-state index contributed by atoms with van der Waals surface area (Å²) in [6.45, 7) is 0.433. The Bertz CT molecular complexity index is 1170. The molecule has 3 heterocycles. The molecule has 8 heteroatoms. The van der Waals surface area contributed by atoms with E-state index in [0.717, 1.165) is 5.56 Å². The predicted octanol–water partition coefficient (Wildman–Crippen LogP) is 3.84. The van der Waals surface area contributed by atoms with Crippen LogP contribution in [0, 0.1) is 0 Å². The minimum absolute atomic E-state index is 0.00740. The van der Waals surface area contributed by atoms with Crippen molar-refractivity contribution in [3.05, 3.63) is 75.4 Å². The molecule has 29 heavy (non-hydrogen) atoms. The van der Waals surface area contributed by atoms with Crippen LogP contribution in [0.25, 0.3) is 0 Å². The van der Waals surface area contributed by atoms with Crippen LogP contribution in [0.3, 0.4) is 0 Å². The lowest BCUT2D eigenvalue weighted by atomic mass is 9.71. The first-order chi connectivity index (χ1) is 13.9. The summed E-state index contributed by atoms with van der Waals surface area (Å²) in [5.74, 6) is 0.0957. The van der Waals surface area contributed by atoms with Crippen molar-refractivity contribution in [1.82, 2.24) is 9.78 Å². The number of nitrogens with zero attached hydrogens (tertiary/aromatic N) is 3. The minimum Gasteiger partial charge on any atom is -0.314 e. The molecule has 0 radical (unpaired) electrons. The van der Waals surface area contributed by atoms with Crippen molar-refractivity contribution in [2.24, 2.45) is 0 Å². The molecule has 2 aromatic carbocycles. The number of carbonyl (C=O) groups is 2. The van der Waals surface area contributed by atoms with Gasteiger partial charge in [-0.1, -0.05) is 41.4 Å². The summed E-state index contributed by atoms with van der Waals surface area (Å²) in [5, 5.41) is 8.50. The second-order valence-electron chi connectivity index (χ2n) is 7.32. The van der Waals surface area contributed by atoms with Gasteiger partial charge in [-0.2, -0.15) is 5.10 Å². The van der Waals surface area contributed by atoms with Gasteiger partial charge in [0, 0.05) is 40.3 Å². The lowest BCUT2D eigenvalue weighted by Crippen LogP contribution is -2.45. The number of hydrogen-bond acceptors (Lipinski definition) is 3. The number of anilines is 2. The number of amides is 2. The molecule has 1 atom stereocenters. The van der Waals surface area contributed by atoms with Gasteiger partial charge in [-0.3, -0.25) is 9.59 Å². The van der Waals surface area contributed by atoms with E-state index in [4.69, 9.17) is 23.2 Å². The highest BCUT2D eigenvalue weighted by molar-refractivity contribution is 6.34. The van der Waals surface area contributed by atoms with E-state index < -0.39 is 5.41 Å². The SMILES string of the molecule is CN1C(=O)[C@@]2(CC(=O)Nc3c2cnn3Cc2ccc(Cl)cc2)c2c(Cl)cccc21. The Kier molecular flexibility index (Phi) is 3.98. The predicted molar refractivity (Wildman–Crippen MR) is 112 cm³/mol. The van der Waals surface area contributed by atoms with Crippen LogP contribution in [0.4, 0.5) is 11.5 Å². The fourth-order valence-electron chi connectivity index (χ4n) is 4.36. The van der Waals surface area contributed by atoms with E-state index in [1.54, 1.807) is 47.1 Å². The first-order valence-corrected chi connectivity index (χ1v) is 9.85. The van der Waals surface area contributed by atoms with Crippen LogP contribution in [-0.2, 0) is 21.5 Å². The van der Waals surface area contributed by atoms with Crippen molar-refractivity contribution in [3.63, 3.8) is 0 Å². The second-order valence-corrected chi connectivity index (χ2v) is 8.16. The number of rotatable bonds is 2. The minimum atomic E-state index is -1.17. The first-order valence-electron chi connectivity index (χ1n) is 9.09. The fourth-order valence-corrected chi connectivity index (χ4v) is 4.81. The zero-order valence-corrected chi connectivity index (χ0v) is 17.0. The molecular weight excluding hydrogens is 411 g/mol. The molecular formula is C21H16Cl2N4O2. The summed E-state index contributed by atoms with van der Waals surface area (Å²) in [7, 11) is 1.70. The maximum Gasteiger partial charge on any atom is 0.242 e.